The molecule has 0 bridgehead atoms. The maximum atomic E-state index is 9.49. The monoisotopic (exact) mass is 248 g/mol. The first-order chi connectivity index (χ1) is 8.73. The number of nitrogens with zero attached hydrogens (tertiary/aromatic N) is 1. The standard InChI is InChI=1S/C15H24N2O/c1-3-13-4-6-14(7-5-13)17-10-8-15(12-18,16-2)9-11-17/h4-7,16,18H,3,8-12H2,1-2H3. The average molecular weight is 248 g/mol. The van der Waals surface area contributed by atoms with Crippen molar-refractivity contribution in [1.29, 1.82) is 0 Å². The first kappa shape index (κ1) is 13.4. The van der Waals surface area contributed by atoms with Crippen LogP contribution in [0, 0.1) is 0 Å². The van der Waals surface area contributed by atoms with E-state index >= 15 is 0 Å². The van der Waals surface area contributed by atoms with Crippen molar-refractivity contribution >= 4 is 5.69 Å². The highest BCUT2D eigenvalue weighted by atomic mass is 16.3. The zero-order chi connectivity index (χ0) is 13.0. The molecule has 0 aliphatic carbocycles. The van der Waals surface area contributed by atoms with Gasteiger partial charge >= 0.3 is 0 Å². The molecule has 1 aromatic rings. The number of piperidine rings is 1. The zero-order valence-electron chi connectivity index (χ0n) is 11.4. The molecule has 3 heteroatoms. The lowest BCUT2D eigenvalue weighted by Crippen LogP contribution is -2.54. The van der Waals surface area contributed by atoms with E-state index in [-0.39, 0.29) is 12.1 Å². The van der Waals surface area contributed by atoms with Crippen LogP contribution < -0.4 is 10.2 Å². The highest BCUT2D eigenvalue weighted by molar-refractivity contribution is 5.48. The Morgan fingerprint density at radius 3 is 2.28 bits per heavy atom. The minimum absolute atomic E-state index is 0.0696. The summed E-state index contributed by atoms with van der Waals surface area (Å²) < 4.78 is 0. The van der Waals surface area contributed by atoms with Crippen molar-refractivity contribution in [1.82, 2.24) is 5.32 Å². The first-order valence-corrected chi connectivity index (χ1v) is 6.86. The SMILES string of the molecule is CCc1ccc(N2CCC(CO)(NC)CC2)cc1. The molecule has 1 saturated heterocycles. The van der Waals surface area contributed by atoms with Crippen LogP contribution in [0.3, 0.4) is 0 Å². The molecule has 2 rings (SSSR count). The number of benzene rings is 1. The number of nitrogens with one attached hydrogen (secondary N) is 1. The van der Waals surface area contributed by atoms with Crippen molar-refractivity contribution in [2.75, 3.05) is 31.6 Å². The highest BCUT2D eigenvalue weighted by Crippen LogP contribution is 2.26. The highest BCUT2D eigenvalue weighted by Gasteiger charge is 2.32. The molecule has 0 aromatic heterocycles. The van der Waals surface area contributed by atoms with E-state index in [1.807, 2.05) is 7.05 Å². The van der Waals surface area contributed by atoms with Gasteiger partial charge in [0.05, 0.1) is 6.61 Å². The minimum Gasteiger partial charge on any atom is -0.394 e. The van der Waals surface area contributed by atoms with Crippen LogP contribution >= 0.6 is 0 Å². The van der Waals surface area contributed by atoms with E-state index in [0.29, 0.717) is 0 Å². The molecule has 0 radical (unpaired) electrons. The Bertz CT molecular complexity index is 361. The summed E-state index contributed by atoms with van der Waals surface area (Å²) in [4.78, 5) is 2.41. The van der Waals surface area contributed by atoms with Crippen molar-refractivity contribution < 1.29 is 5.11 Å². The largest absolute Gasteiger partial charge is 0.394 e. The Kier molecular flexibility index (Phi) is 4.25. The van der Waals surface area contributed by atoms with Gasteiger partial charge in [0.1, 0.15) is 0 Å². The Morgan fingerprint density at radius 2 is 1.83 bits per heavy atom. The lowest BCUT2D eigenvalue weighted by Gasteiger charge is -2.41. The predicted molar refractivity (Wildman–Crippen MR) is 76.1 cm³/mol. The molecular formula is C15H24N2O. The summed E-state index contributed by atoms with van der Waals surface area (Å²) in [5.41, 5.74) is 2.62. The number of anilines is 1. The van der Waals surface area contributed by atoms with Crippen LogP contribution in [0.4, 0.5) is 5.69 Å². The molecule has 0 saturated carbocycles. The van der Waals surface area contributed by atoms with E-state index in [9.17, 15) is 5.11 Å². The van der Waals surface area contributed by atoms with E-state index in [1.165, 1.54) is 11.3 Å². The summed E-state index contributed by atoms with van der Waals surface area (Å²) in [5, 5.41) is 12.8. The van der Waals surface area contributed by atoms with E-state index < -0.39 is 0 Å². The van der Waals surface area contributed by atoms with Gasteiger partial charge in [0.15, 0.2) is 0 Å². The smallest absolute Gasteiger partial charge is 0.0614 e. The number of aliphatic hydroxyl groups excluding tert-OH is 1. The summed E-state index contributed by atoms with van der Waals surface area (Å²) in [5.74, 6) is 0. The molecule has 0 unspecified atom stereocenters. The van der Waals surface area contributed by atoms with Crippen molar-refractivity contribution in [3.8, 4) is 0 Å². The number of rotatable bonds is 4. The van der Waals surface area contributed by atoms with Crippen LogP contribution in [0.1, 0.15) is 25.3 Å². The molecule has 18 heavy (non-hydrogen) atoms. The van der Waals surface area contributed by atoms with Gasteiger partial charge in [-0.15, -0.1) is 0 Å². The summed E-state index contributed by atoms with van der Waals surface area (Å²) in [7, 11) is 1.95. The fourth-order valence-corrected chi connectivity index (χ4v) is 2.62. The van der Waals surface area contributed by atoms with Crippen LogP contribution in [0.15, 0.2) is 24.3 Å². The Labute approximate surface area is 110 Å². The van der Waals surface area contributed by atoms with Crippen molar-refractivity contribution in [2.45, 2.75) is 31.7 Å². The second kappa shape index (κ2) is 5.72. The number of likely N-dealkylation sites (N-methyl/N-ethyl adjacent to an activating group) is 1. The third kappa shape index (κ3) is 2.68. The number of aliphatic hydroxyl groups is 1. The fourth-order valence-electron chi connectivity index (χ4n) is 2.62. The molecule has 1 fully saturated rings. The second-order valence-electron chi connectivity index (χ2n) is 5.20. The second-order valence-corrected chi connectivity index (χ2v) is 5.20. The van der Waals surface area contributed by atoms with Crippen LogP contribution in [-0.2, 0) is 6.42 Å². The van der Waals surface area contributed by atoms with Gasteiger partial charge in [-0.25, -0.2) is 0 Å². The first-order valence-electron chi connectivity index (χ1n) is 6.86. The number of hydrogen-bond acceptors (Lipinski definition) is 3. The van der Waals surface area contributed by atoms with E-state index in [0.717, 1.165) is 32.4 Å². The Hall–Kier alpha value is -1.06. The molecule has 1 heterocycles. The number of aryl methyl sites for hydroxylation is 1. The molecule has 3 nitrogen and oxygen atoms in total. The molecule has 1 aliphatic rings. The topological polar surface area (TPSA) is 35.5 Å². The summed E-state index contributed by atoms with van der Waals surface area (Å²) >= 11 is 0. The van der Waals surface area contributed by atoms with Gasteiger partial charge in [0.2, 0.25) is 0 Å². The van der Waals surface area contributed by atoms with Gasteiger partial charge < -0.3 is 15.3 Å². The van der Waals surface area contributed by atoms with Gasteiger partial charge in [0.25, 0.3) is 0 Å². The maximum Gasteiger partial charge on any atom is 0.0614 e. The average Bonchev–Trinajstić information content (AvgIpc) is 2.47. The van der Waals surface area contributed by atoms with Crippen LogP contribution in [0.2, 0.25) is 0 Å². The number of hydrogen-bond donors (Lipinski definition) is 2. The predicted octanol–water partition coefficient (Wildman–Crippen LogP) is 1.80. The molecule has 0 atom stereocenters. The zero-order valence-corrected chi connectivity index (χ0v) is 11.4. The Morgan fingerprint density at radius 1 is 1.22 bits per heavy atom. The minimum atomic E-state index is -0.0696. The van der Waals surface area contributed by atoms with Gasteiger partial charge in [0, 0.05) is 24.3 Å². The lowest BCUT2D eigenvalue weighted by atomic mass is 9.88. The molecular weight excluding hydrogens is 224 g/mol. The third-order valence-corrected chi connectivity index (χ3v) is 4.26. The molecule has 1 aliphatic heterocycles. The van der Waals surface area contributed by atoms with Crippen molar-refractivity contribution in [3.05, 3.63) is 29.8 Å². The van der Waals surface area contributed by atoms with Crippen LogP contribution in [-0.4, -0.2) is 37.4 Å². The van der Waals surface area contributed by atoms with Crippen LogP contribution in [0.5, 0.6) is 0 Å². The van der Waals surface area contributed by atoms with Crippen LogP contribution in [0.25, 0.3) is 0 Å². The van der Waals surface area contributed by atoms with Gasteiger partial charge in [-0.3, -0.25) is 0 Å². The van der Waals surface area contributed by atoms with E-state index in [1.54, 1.807) is 0 Å². The summed E-state index contributed by atoms with van der Waals surface area (Å²) in [6.07, 6.45) is 3.08. The summed E-state index contributed by atoms with van der Waals surface area (Å²) in [6.45, 7) is 4.42. The normalized spacial score (nSPS) is 18.9. The quantitative estimate of drug-likeness (QED) is 0.853. The van der Waals surface area contributed by atoms with Crippen molar-refractivity contribution in [3.63, 3.8) is 0 Å². The molecule has 2 N–H and O–H groups in total. The van der Waals surface area contributed by atoms with Gasteiger partial charge in [-0.1, -0.05) is 19.1 Å². The fraction of sp³-hybridized carbons (Fsp3) is 0.600. The molecule has 100 valence electrons. The maximum absolute atomic E-state index is 9.49. The van der Waals surface area contributed by atoms with Crippen molar-refractivity contribution in [2.24, 2.45) is 0 Å². The Balaban J connectivity index is 2.00. The third-order valence-electron chi connectivity index (χ3n) is 4.26. The van der Waals surface area contributed by atoms with E-state index in [2.05, 4.69) is 41.4 Å². The van der Waals surface area contributed by atoms with Gasteiger partial charge in [-0.2, -0.15) is 0 Å². The molecule has 1 aromatic carbocycles. The molecule has 0 spiro atoms. The van der Waals surface area contributed by atoms with E-state index in [4.69, 9.17) is 0 Å². The lowest BCUT2D eigenvalue weighted by molar-refractivity contribution is 0.142. The molecule has 0 amide bonds. The summed E-state index contributed by atoms with van der Waals surface area (Å²) in [6, 6.07) is 8.84. The van der Waals surface area contributed by atoms with Gasteiger partial charge in [-0.05, 0) is 44.0 Å².